The van der Waals surface area contributed by atoms with E-state index in [1.807, 2.05) is 0 Å². The number of carboxylic acids is 1. The van der Waals surface area contributed by atoms with Gasteiger partial charge in [0.2, 0.25) is 0 Å². The van der Waals surface area contributed by atoms with E-state index in [4.69, 9.17) is 10.2 Å². The van der Waals surface area contributed by atoms with E-state index >= 15 is 0 Å². The number of urea groups is 1. The van der Waals surface area contributed by atoms with Crippen LogP contribution < -0.4 is 10.6 Å². The van der Waals surface area contributed by atoms with Crippen LogP contribution in [0.25, 0.3) is 0 Å². The van der Waals surface area contributed by atoms with Crippen molar-refractivity contribution in [3.63, 3.8) is 0 Å². The fraction of sp³-hybridized carbons (Fsp3) is 0.818. The molecule has 1 atom stereocenters. The molecule has 0 heterocycles. The molecule has 0 saturated heterocycles. The summed E-state index contributed by atoms with van der Waals surface area (Å²) in [5.74, 6) is -0.658. The summed E-state index contributed by atoms with van der Waals surface area (Å²) in [5, 5.41) is 22.5. The molecule has 0 aliphatic rings. The molecule has 6 heteroatoms. The number of carboxylic acid groups (broad SMARTS) is 1. The van der Waals surface area contributed by atoms with Gasteiger partial charge in [0, 0.05) is 19.5 Å². The number of hydrogen-bond donors (Lipinski definition) is 4. The molecule has 0 saturated carbocycles. The zero-order valence-corrected chi connectivity index (χ0v) is 10.4. The Kier molecular flexibility index (Phi) is 8.13. The van der Waals surface area contributed by atoms with E-state index in [0.717, 1.165) is 12.8 Å². The average Bonchev–Trinajstić information content (AvgIpc) is 2.23. The summed E-state index contributed by atoms with van der Waals surface area (Å²) in [4.78, 5) is 21.5. The number of hydrogen-bond acceptors (Lipinski definition) is 3. The van der Waals surface area contributed by atoms with Crippen molar-refractivity contribution in [3.8, 4) is 0 Å². The van der Waals surface area contributed by atoms with Crippen LogP contribution in [-0.2, 0) is 4.79 Å². The first kappa shape index (κ1) is 15.7. The van der Waals surface area contributed by atoms with Crippen LogP contribution in [0.5, 0.6) is 0 Å². The van der Waals surface area contributed by atoms with Gasteiger partial charge in [0.15, 0.2) is 6.10 Å². The third kappa shape index (κ3) is 9.62. The molecule has 0 bridgehead atoms. The van der Waals surface area contributed by atoms with Crippen molar-refractivity contribution in [2.45, 2.75) is 39.2 Å². The van der Waals surface area contributed by atoms with Crippen molar-refractivity contribution in [3.05, 3.63) is 0 Å². The van der Waals surface area contributed by atoms with E-state index in [0.29, 0.717) is 12.5 Å². The Morgan fingerprint density at radius 2 is 1.71 bits per heavy atom. The van der Waals surface area contributed by atoms with Gasteiger partial charge in [0.05, 0.1) is 0 Å². The molecule has 0 unspecified atom stereocenters. The third-order valence-electron chi connectivity index (χ3n) is 2.23. The summed E-state index contributed by atoms with van der Waals surface area (Å²) in [6.07, 6.45) is 0.562. The van der Waals surface area contributed by atoms with Crippen molar-refractivity contribution in [2.75, 3.05) is 13.1 Å². The van der Waals surface area contributed by atoms with Gasteiger partial charge < -0.3 is 20.8 Å². The van der Waals surface area contributed by atoms with Gasteiger partial charge >= 0.3 is 12.0 Å². The first-order chi connectivity index (χ1) is 7.93. The van der Waals surface area contributed by atoms with Gasteiger partial charge in [-0.1, -0.05) is 13.8 Å². The highest BCUT2D eigenvalue weighted by atomic mass is 16.4. The second-order valence-electron chi connectivity index (χ2n) is 4.36. The zero-order valence-electron chi connectivity index (χ0n) is 10.4. The molecule has 0 aromatic rings. The molecular weight excluding hydrogens is 224 g/mol. The Balaban J connectivity index is 3.44. The monoisotopic (exact) mass is 246 g/mol. The number of aliphatic carboxylic acids is 1. The Morgan fingerprint density at radius 1 is 1.12 bits per heavy atom. The molecule has 100 valence electrons. The number of aliphatic hydroxyl groups is 1. The fourth-order valence-corrected chi connectivity index (χ4v) is 1.22. The van der Waals surface area contributed by atoms with Crippen LogP contribution in [0, 0.1) is 5.92 Å². The third-order valence-corrected chi connectivity index (χ3v) is 2.23. The Bertz CT molecular complexity index is 244. The summed E-state index contributed by atoms with van der Waals surface area (Å²) >= 11 is 0. The number of rotatable bonds is 8. The minimum Gasteiger partial charge on any atom is -0.479 e. The number of aliphatic hydroxyl groups excluding tert-OH is 1. The standard InChI is InChI=1S/C11H22N2O4/c1-8(2)4-3-6-12-11(17)13-7-5-9(14)10(15)16/h8-9,14H,3-7H2,1-2H3,(H,15,16)(H2,12,13,17)/t9-/m0/s1. The molecule has 0 spiro atoms. The SMILES string of the molecule is CC(C)CCCNC(=O)NCC[C@H](O)C(=O)O. The van der Waals surface area contributed by atoms with Gasteiger partial charge in [-0.2, -0.15) is 0 Å². The van der Waals surface area contributed by atoms with Crippen molar-refractivity contribution < 1.29 is 19.8 Å². The fourth-order valence-electron chi connectivity index (χ4n) is 1.22. The predicted octanol–water partition coefficient (Wildman–Crippen LogP) is 0.557. The minimum absolute atomic E-state index is 0.00868. The smallest absolute Gasteiger partial charge is 0.332 e. The van der Waals surface area contributed by atoms with Gasteiger partial charge in [-0.05, 0) is 18.8 Å². The average molecular weight is 246 g/mol. The highest BCUT2D eigenvalue weighted by molar-refractivity contribution is 5.74. The molecule has 6 nitrogen and oxygen atoms in total. The topological polar surface area (TPSA) is 98.7 Å². The minimum atomic E-state index is -1.42. The lowest BCUT2D eigenvalue weighted by atomic mass is 10.1. The maximum absolute atomic E-state index is 11.2. The summed E-state index contributed by atoms with van der Waals surface area (Å²) in [6.45, 7) is 4.98. The molecule has 0 aromatic heterocycles. The van der Waals surface area contributed by atoms with Crippen LogP contribution >= 0.6 is 0 Å². The van der Waals surface area contributed by atoms with Crippen LogP contribution in [0.4, 0.5) is 4.79 Å². The molecular formula is C11H22N2O4. The highest BCUT2D eigenvalue weighted by Crippen LogP contribution is 2.01. The van der Waals surface area contributed by atoms with E-state index in [1.54, 1.807) is 0 Å². The maximum Gasteiger partial charge on any atom is 0.332 e. The van der Waals surface area contributed by atoms with Crippen molar-refractivity contribution in [2.24, 2.45) is 5.92 Å². The number of carbonyl (C=O) groups excluding carboxylic acids is 1. The summed E-state index contributed by atoms with van der Waals surface area (Å²) in [6, 6.07) is -0.327. The van der Waals surface area contributed by atoms with Crippen LogP contribution in [0.1, 0.15) is 33.1 Å². The van der Waals surface area contributed by atoms with Gasteiger partial charge in [0.25, 0.3) is 0 Å². The van der Waals surface area contributed by atoms with E-state index in [-0.39, 0.29) is 19.0 Å². The number of nitrogens with one attached hydrogen (secondary N) is 2. The number of carbonyl (C=O) groups is 2. The van der Waals surface area contributed by atoms with E-state index < -0.39 is 12.1 Å². The lowest BCUT2D eigenvalue weighted by Crippen LogP contribution is -2.38. The summed E-state index contributed by atoms with van der Waals surface area (Å²) < 4.78 is 0. The van der Waals surface area contributed by atoms with Crippen LogP contribution in [0.3, 0.4) is 0 Å². The number of amides is 2. The Labute approximate surface area is 101 Å². The highest BCUT2D eigenvalue weighted by Gasteiger charge is 2.12. The van der Waals surface area contributed by atoms with Crippen LogP contribution in [-0.4, -0.2) is 41.4 Å². The second-order valence-corrected chi connectivity index (χ2v) is 4.36. The lowest BCUT2D eigenvalue weighted by molar-refractivity contribution is -0.146. The summed E-state index contributed by atoms with van der Waals surface area (Å²) in [5.41, 5.74) is 0. The van der Waals surface area contributed by atoms with E-state index in [2.05, 4.69) is 24.5 Å². The normalized spacial score (nSPS) is 12.2. The van der Waals surface area contributed by atoms with Crippen molar-refractivity contribution in [1.82, 2.24) is 10.6 Å². The Morgan fingerprint density at radius 3 is 2.24 bits per heavy atom. The molecule has 17 heavy (non-hydrogen) atoms. The first-order valence-corrected chi connectivity index (χ1v) is 5.86. The summed E-state index contributed by atoms with van der Waals surface area (Å²) in [7, 11) is 0. The molecule has 0 aliphatic carbocycles. The molecule has 0 radical (unpaired) electrons. The zero-order chi connectivity index (χ0) is 13.3. The molecule has 0 aromatic carbocycles. The molecule has 4 N–H and O–H groups in total. The molecule has 0 fully saturated rings. The molecule has 2 amide bonds. The predicted molar refractivity (Wildman–Crippen MR) is 63.7 cm³/mol. The van der Waals surface area contributed by atoms with Crippen molar-refractivity contribution in [1.29, 1.82) is 0 Å². The largest absolute Gasteiger partial charge is 0.479 e. The molecule has 0 rings (SSSR count). The lowest BCUT2D eigenvalue weighted by Gasteiger charge is -2.09. The van der Waals surface area contributed by atoms with Gasteiger partial charge in [-0.3, -0.25) is 0 Å². The maximum atomic E-state index is 11.2. The van der Waals surface area contributed by atoms with Crippen molar-refractivity contribution >= 4 is 12.0 Å². The molecule has 0 aliphatic heterocycles. The van der Waals surface area contributed by atoms with Gasteiger partial charge in [-0.25, -0.2) is 9.59 Å². The first-order valence-electron chi connectivity index (χ1n) is 5.86. The Hall–Kier alpha value is -1.30. The van der Waals surface area contributed by atoms with E-state index in [1.165, 1.54) is 0 Å². The second kappa shape index (κ2) is 8.81. The van der Waals surface area contributed by atoms with Gasteiger partial charge in [0.1, 0.15) is 0 Å². The van der Waals surface area contributed by atoms with Crippen LogP contribution in [0.2, 0.25) is 0 Å². The quantitative estimate of drug-likeness (QED) is 0.470. The van der Waals surface area contributed by atoms with E-state index in [9.17, 15) is 9.59 Å². The van der Waals surface area contributed by atoms with Gasteiger partial charge in [-0.15, -0.1) is 0 Å². The van der Waals surface area contributed by atoms with Crippen LogP contribution in [0.15, 0.2) is 0 Å².